The quantitative estimate of drug-likeness (QED) is 0.211. The van der Waals surface area contributed by atoms with Gasteiger partial charge in [-0.25, -0.2) is 15.0 Å². The van der Waals surface area contributed by atoms with Gasteiger partial charge in [0.05, 0.1) is 28.3 Å². The molecule has 43 heavy (non-hydrogen) atoms. The summed E-state index contributed by atoms with van der Waals surface area (Å²) >= 11 is 1.80. The lowest BCUT2D eigenvalue weighted by Gasteiger charge is -2.34. The third-order valence-corrected chi connectivity index (χ3v) is 9.27. The molecule has 1 aliphatic rings. The zero-order chi connectivity index (χ0) is 29.0. The number of nitrogens with zero attached hydrogens (tertiary/aromatic N) is 4. The van der Waals surface area contributed by atoms with E-state index in [1.165, 1.54) is 5.56 Å². The first kappa shape index (κ1) is 25.7. The molecule has 206 valence electrons. The minimum absolute atomic E-state index is 0.215. The molecule has 0 atom stereocenters. The van der Waals surface area contributed by atoms with Gasteiger partial charge in [0.25, 0.3) is 0 Å². The topological polar surface area (TPSA) is 43.6 Å². The molecule has 3 heterocycles. The highest BCUT2D eigenvalue weighted by atomic mass is 32.2. The molecular formula is C38H28N4S. The minimum Gasteiger partial charge on any atom is -0.286 e. The average molecular weight is 573 g/mol. The van der Waals surface area contributed by atoms with Gasteiger partial charge >= 0.3 is 0 Å². The molecule has 0 aliphatic carbocycles. The number of hydrogen-bond donors (Lipinski definition) is 0. The van der Waals surface area contributed by atoms with E-state index in [2.05, 4.69) is 134 Å². The maximum absolute atomic E-state index is 5.33. The molecule has 0 fully saturated rings. The number of aromatic nitrogens is 4. The van der Waals surface area contributed by atoms with Crippen LogP contribution in [0.1, 0.15) is 19.4 Å². The van der Waals surface area contributed by atoms with E-state index in [4.69, 9.17) is 15.0 Å². The molecule has 7 aromatic rings. The number of rotatable bonds is 4. The molecule has 2 aromatic heterocycles. The highest BCUT2D eigenvalue weighted by Gasteiger charge is 2.38. The summed E-state index contributed by atoms with van der Waals surface area (Å²) in [6.07, 6.45) is 0. The largest absolute Gasteiger partial charge is 0.286 e. The number of thioether (sulfide) groups is 1. The van der Waals surface area contributed by atoms with Crippen molar-refractivity contribution in [1.29, 1.82) is 0 Å². The minimum atomic E-state index is -0.215. The van der Waals surface area contributed by atoms with Gasteiger partial charge in [-0.05, 0) is 31.5 Å². The van der Waals surface area contributed by atoms with Crippen molar-refractivity contribution in [3.63, 3.8) is 0 Å². The molecule has 0 spiro atoms. The maximum atomic E-state index is 5.33. The molecule has 0 saturated carbocycles. The van der Waals surface area contributed by atoms with Crippen LogP contribution >= 0.6 is 11.8 Å². The molecule has 0 amide bonds. The molecule has 0 radical (unpaired) electrons. The first-order valence-corrected chi connectivity index (χ1v) is 15.3. The number of hydrogen-bond acceptors (Lipinski definition) is 4. The summed E-state index contributed by atoms with van der Waals surface area (Å²) in [7, 11) is 0. The Morgan fingerprint density at radius 2 is 1.16 bits per heavy atom. The zero-order valence-corrected chi connectivity index (χ0v) is 24.7. The van der Waals surface area contributed by atoms with Gasteiger partial charge in [0.15, 0.2) is 11.0 Å². The molecule has 1 aliphatic heterocycles. The highest BCUT2D eigenvalue weighted by molar-refractivity contribution is 8.00. The molecule has 0 bridgehead atoms. The standard InChI is InChI=1S/C38H28N4S/c1-38(2)30-23-14-22-29(36-39-31-24-13-12-21-28(31)32(40-36)25-15-6-3-7-16-25)35(30)42-34(27-19-10-5-11-20-27)33(41-37(42)43-38)26-17-8-4-9-18-26/h3-24H,1-2H3. The molecule has 8 rings (SSSR count). The Morgan fingerprint density at radius 1 is 0.558 bits per heavy atom. The van der Waals surface area contributed by atoms with Crippen LogP contribution in [-0.4, -0.2) is 19.5 Å². The lowest BCUT2D eigenvalue weighted by Crippen LogP contribution is -2.22. The van der Waals surface area contributed by atoms with Gasteiger partial charge in [0.2, 0.25) is 0 Å². The second kappa shape index (κ2) is 10.1. The lowest BCUT2D eigenvalue weighted by molar-refractivity contribution is 0.725. The van der Waals surface area contributed by atoms with Gasteiger partial charge in [0.1, 0.15) is 0 Å². The molecule has 4 nitrogen and oxygen atoms in total. The van der Waals surface area contributed by atoms with Crippen LogP contribution in [0.3, 0.4) is 0 Å². The van der Waals surface area contributed by atoms with Gasteiger partial charge in [-0.1, -0.05) is 133 Å². The highest BCUT2D eigenvalue weighted by Crippen LogP contribution is 2.53. The zero-order valence-electron chi connectivity index (χ0n) is 23.9. The predicted molar refractivity (Wildman–Crippen MR) is 177 cm³/mol. The van der Waals surface area contributed by atoms with Crippen molar-refractivity contribution in [2.45, 2.75) is 23.8 Å². The van der Waals surface area contributed by atoms with Crippen molar-refractivity contribution in [2.75, 3.05) is 0 Å². The van der Waals surface area contributed by atoms with Crippen LogP contribution in [-0.2, 0) is 4.75 Å². The van der Waals surface area contributed by atoms with Crippen molar-refractivity contribution in [1.82, 2.24) is 19.5 Å². The molecule has 5 aromatic carbocycles. The monoisotopic (exact) mass is 572 g/mol. The summed E-state index contributed by atoms with van der Waals surface area (Å²) in [5, 5.41) is 2.00. The summed E-state index contributed by atoms with van der Waals surface area (Å²) in [4.78, 5) is 15.8. The Bertz CT molecular complexity index is 2120. The molecule has 0 saturated heterocycles. The van der Waals surface area contributed by atoms with E-state index in [9.17, 15) is 0 Å². The fourth-order valence-electron chi connectivity index (χ4n) is 6.08. The van der Waals surface area contributed by atoms with Gasteiger partial charge in [0, 0.05) is 32.4 Å². The van der Waals surface area contributed by atoms with Crippen LogP contribution in [0.2, 0.25) is 0 Å². The van der Waals surface area contributed by atoms with Gasteiger partial charge < -0.3 is 0 Å². The van der Waals surface area contributed by atoms with Crippen molar-refractivity contribution >= 4 is 22.7 Å². The van der Waals surface area contributed by atoms with Crippen LogP contribution in [0.4, 0.5) is 0 Å². The van der Waals surface area contributed by atoms with E-state index in [0.717, 1.165) is 61.1 Å². The van der Waals surface area contributed by atoms with Crippen LogP contribution in [0.25, 0.3) is 61.8 Å². The molecule has 0 N–H and O–H groups in total. The Hall–Kier alpha value is -5.00. The summed E-state index contributed by atoms with van der Waals surface area (Å²) in [6.45, 7) is 4.55. The maximum Gasteiger partial charge on any atom is 0.174 e. The van der Waals surface area contributed by atoms with Crippen LogP contribution in [0, 0.1) is 0 Å². The van der Waals surface area contributed by atoms with Gasteiger partial charge in [-0.15, -0.1) is 0 Å². The van der Waals surface area contributed by atoms with E-state index >= 15 is 0 Å². The van der Waals surface area contributed by atoms with Crippen LogP contribution in [0.15, 0.2) is 139 Å². The average Bonchev–Trinajstić information content (AvgIpc) is 3.43. The molecule has 0 unspecified atom stereocenters. The third kappa shape index (κ3) is 4.27. The Morgan fingerprint density at radius 3 is 1.86 bits per heavy atom. The summed E-state index contributed by atoms with van der Waals surface area (Å²) in [5.74, 6) is 0.706. The van der Waals surface area contributed by atoms with E-state index in [-0.39, 0.29) is 4.75 Å². The van der Waals surface area contributed by atoms with Crippen LogP contribution < -0.4 is 0 Å². The third-order valence-electron chi connectivity index (χ3n) is 8.09. The van der Waals surface area contributed by atoms with Crippen LogP contribution in [0.5, 0.6) is 0 Å². The van der Waals surface area contributed by atoms with Gasteiger partial charge in [-0.3, -0.25) is 4.57 Å². The van der Waals surface area contributed by atoms with E-state index in [1.54, 1.807) is 11.8 Å². The Kier molecular flexibility index (Phi) is 6.02. The normalized spacial score (nSPS) is 13.4. The summed E-state index contributed by atoms with van der Waals surface area (Å²) in [6, 6.07) is 46.3. The fourth-order valence-corrected chi connectivity index (χ4v) is 7.22. The fraction of sp³-hybridized carbons (Fsp3) is 0.0789. The van der Waals surface area contributed by atoms with E-state index in [0.29, 0.717) is 5.82 Å². The second-order valence-corrected chi connectivity index (χ2v) is 12.8. The number of imidazole rings is 1. The second-order valence-electron chi connectivity index (χ2n) is 11.3. The Balaban J connectivity index is 1.46. The summed E-state index contributed by atoms with van der Waals surface area (Å²) < 4.78 is 2.13. The van der Waals surface area contributed by atoms with Crippen molar-refractivity contribution in [3.8, 4) is 50.8 Å². The first-order chi connectivity index (χ1) is 21.1. The van der Waals surface area contributed by atoms with Crippen molar-refractivity contribution in [3.05, 3.63) is 139 Å². The number of benzene rings is 5. The predicted octanol–water partition coefficient (Wildman–Crippen LogP) is 9.82. The number of para-hydroxylation sites is 2. The van der Waals surface area contributed by atoms with E-state index < -0.39 is 0 Å². The smallest absolute Gasteiger partial charge is 0.174 e. The number of fused-ring (bicyclic) bond motifs is 4. The molecular weight excluding hydrogens is 545 g/mol. The SMILES string of the molecule is CC1(C)Sc2nc(-c3ccccc3)c(-c3ccccc3)n2-c2c(-c3nc(-c4ccccc4)c4ccccc4n3)cccc21. The van der Waals surface area contributed by atoms with Gasteiger partial charge in [-0.2, -0.15) is 0 Å². The lowest BCUT2D eigenvalue weighted by atomic mass is 9.94. The molecule has 5 heteroatoms. The summed E-state index contributed by atoms with van der Waals surface area (Å²) in [5.41, 5.74) is 10.5. The van der Waals surface area contributed by atoms with Crippen molar-refractivity contribution in [2.24, 2.45) is 0 Å². The van der Waals surface area contributed by atoms with E-state index in [1.807, 2.05) is 18.2 Å². The first-order valence-electron chi connectivity index (χ1n) is 14.5. The Labute approximate surface area is 255 Å². The van der Waals surface area contributed by atoms with Crippen molar-refractivity contribution < 1.29 is 0 Å².